The number of carbonyl (C=O) groups excluding carboxylic acids is 1. The number of piperidine rings is 1. The van der Waals surface area contributed by atoms with E-state index in [1.165, 1.54) is 0 Å². The predicted molar refractivity (Wildman–Crippen MR) is 92.6 cm³/mol. The van der Waals surface area contributed by atoms with Crippen LogP contribution in [-0.2, 0) is 16.1 Å². The van der Waals surface area contributed by atoms with E-state index in [0.29, 0.717) is 6.54 Å². The minimum atomic E-state index is -0.798. The van der Waals surface area contributed by atoms with Crippen molar-refractivity contribution in [1.29, 1.82) is 0 Å². The van der Waals surface area contributed by atoms with E-state index in [0.717, 1.165) is 31.5 Å². The Morgan fingerprint density at radius 2 is 1.92 bits per heavy atom. The van der Waals surface area contributed by atoms with E-state index >= 15 is 0 Å². The average Bonchev–Trinajstić information content (AvgIpc) is 2.59. The van der Waals surface area contributed by atoms with Crippen LogP contribution in [-0.4, -0.2) is 65.5 Å². The molecule has 1 amide bonds. The number of carbonyl (C=O) groups is 2. The second-order valence-corrected chi connectivity index (χ2v) is 6.46. The van der Waals surface area contributed by atoms with E-state index in [1.807, 2.05) is 49.2 Å². The lowest BCUT2D eigenvalue weighted by atomic mass is 10.0. The Kier molecular flexibility index (Phi) is 6.75. The fourth-order valence-corrected chi connectivity index (χ4v) is 3.15. The first-order chi connectivity index (χ1) is 11.5. The maximum Gasteiger partial charge on any atom is 0.317 e. The number of rotatable bonds is 7. The van der Waals surface area contributed by atoms with Crippen molar-refractivity contribution in [2.75, 3.05) is 26.7 Å². The quantitative estimate of drug-likeness (QED) is 0.784. The average molecular weight is 333 g/mol. The molecule has 0 aromatic heterocycles. The van der Waals surface area contributed by atoms with Gasteiger partial charge in [0.2, 0.25) is 5.91 Å². The van der Waals surface area contributed by atoms with Gasteiger partial charge in [-0.1, -0.05) is 30.3 Å². The minimum Gasteiger partial charge on any atom is -0.480 e. The molecule has 1 saturated heterocycles. The smallest absolute Gasteiger partial charge is 0.317 e. The molecule has 0 bridgehead atoms. The molecule has 132 valence electrons. The maximum atomic E-state index is 12.3. The number of carboxylic acid groups (broad SMARTS) is 1. The van der Waals surface area contributed by atoms with E-state index in [9.17, 15) is 9.59 Å². The van der Waals surface area contributed by atoms with Crippen LogP contribution in [0.25, 0.3) is 0 Å². The maximum absolute atomic E-state index is 12.3. The minimum absolute atomic E-state index is 0.0381. The van der Waals surface area contributed by atoms with Gasteiger partial charge >= 0.3 is 5.97 Å². The molecule has 1 aliphatic rings. The number of aliphatic carboxylic acids is 1. The molecular weight excluding hydrogens is 306 g/mol. The summed E-state index contributed by atoms with van der Waals surface area (Å²) in [4.78, 5) is 27.2. The number of nitrogens with one attached hydrogen (secondary N) is 1. The molecule has 1 fully saturated rings. The zero-order valence-corrected chi connectivity index (χ0v) is 14.4. The fraction of sp³-hybridized carbons (Fsp3) is 0.556. The number of likely N-dealkylation sites (N-methyl/N-ethyl adjacent to an activating group) is 1. The van der Waals surface area contributed by atoms with Gasteiger partial charge in [0.15, 0.2) is 0 Å². The van der Waals surface area contributed by atoms with Crippen molar-refractivity contribution in [3.05, 3.63) is 35.9 Å². The Balaban J connectivity index is 1.76. The molecule has 1 aromatic carbocycles. The molecule has 6 nitrogen and oxygen atoms in total. The summed E-state index contributed by atoms with van der Waals surface area (Å²) in [6.07, 6.45) is 1.78. The van der Waals surface area contributed by atoms with E-state index < -0.39 is 5.97 Å². The van der Waals surface area contributed by atoms with Crippen LogP contribution in [0.5, 0.6) is 0 Å². The van der Waals surface area contributed by atoms with Gasteiger partial charge in [-0.3, -0.25) is 19.4 Å². The van der Waals surface area contributed by atoms with Gasteiger partial charge in [-0.2, -0.15) is 0 Å². The Morgan fingerprint density at radius 1 is 1.29 bits per heavy atom. The SMILES string of the molecule is CC(C(=O)NCc1ccccc1)N1CCC(N(C)CC(=O)O)CC1. The number of carboxylic acids is 1. The number of likely N-dealkylation sites (tertiary alicyclic amines) is 1. The third-order valence-corrected chi connectivity index (χ3v) is 4.74. The Morgan fingerprint density at radius 3 is 2.50 bits per heavy atom. The first kappa shape index (κ1) is 18.4. The second kappa shape index (κ2) is 8.80. The molecule has 2 rings (SSSR count). The van der Waals surface area contributed by atoms with Gasteiger partial charge in [-0.15, -0.1) is 0 Å². The highest BCUT2D eigenvalue weighted by Crippen LogP contribution is 2.17. The third-order valence-electron chi connectivity index (χ3n) is 4.74. The van der Waals surface area contributed by atoms with Crippen LogP contribution < -0.4 is 5.32 Å². The van der Waals surface area contributed by atoms with Gasteiger partial charge in [0, 0.05) is 25.7 Å². The highest BCUT2D eigenvalue weighted by atomic mass is 16.4. The van der Waals surface area contributed by atoms with E-state index in [2.05, 4.69) is 10.2 Å². The molecule has 0 spiro atoms. The normalized spacial score (nSPS) is 17.6. The summed E-state index contributed by atoms with van der Waals surface area (Å²) in [6.45, 7) is 4.17. The van der Waals surface area contributed by atoms with Crippen molar-refractivity contribution in [3.63, 3.8) is 0 Å². The number of hydrogen-bond donors (Lipinski definition) is 2. The van der Waals surface area contributed by atoms with Crippen LogP contribution in [0.3, 0.4) is 0 Å². The molecule has 2 N–H and O–H groups in total. The van der Waals surface area contributed by atoms with Gasteiger partial charge in [-0.05, 0) is 32.4 Å². The van der Waals surface area contributed by atoms with Gasteiger partial charge in [-0.25, -0.2) is 0 Å². The Bertz CT molecular complexity index is 542. The molecule has 6 heteroatoms. The van der Waals surface area contributed by atoms with E-state index in [4.69, 9.17) is 5.11 Å². The summed E-state index contributed by atoms with van der Waals surface area (Å²) >= 11 is 0. The van der Waals surface area contributed by atoms with Crippen LogP contribution in [0.4, 0.5) is 0 Å². The topological polar surface area (TPSA) is 72.9 Å². The molecule has 0 radical (unpaired) electrons. The van der Waals surface area contributed by atoms with Gasteiger partial charge < -0.3 is 10.4 Å². The molecule has 0 aliphatic carbocycles. The predicted octanol–water partition coefficient (Wildman–Crippen LogP) is 1.17. The lowest BCUT2D eigenvalue weighted by molar-refractivity contribution is -0.138. The molecule has 0 saturated carbocycles. The molecule has 1 heterocycles. The zero-order valence-electron chi connectivity index (χ0n) is 14.4. The van der Waals surface area contributed by atoms with Crippen LogP contribution >= 0.6 is 0 Å². The van der Waals surface area contributed by atoms with Crippen molar-refractivity contribution in [1.82, 2.24) is 15.1 Å². The molecule has 1 unspecified atom stereocenters. The second-order valence-electron chi connectivity index (χ2n) is 6.46. The zero-order chi connectivity index (χ0) is 17.5. The summed E-state index contributed by atoms with van der Waals surface area (Å²) in [6, 6.07) is 9.98. The van der Waals surface area contributed by atoms with Crippen LogP contribution in [0, 0.1) is 0 Å². The standard InChI is InChI=1S/C18H27N3O3/c1-14(18(24)19-12-15-6-4-3-5-7-15)21-10-8-16(9-11-21)20(2)13-17(22)23/h3-7,14,16H,8-13H2,1-2H3,(H,19,24)(H,22,23). The largest absolute Gasteiger partial charge is 0.480 e. The summed E-state index contributed by atoms with van der Waals surface area (Å²) in [5.74, 6) is -0.759. The van der Waals surface area contributed by atoms with E-state index in [1.54, 1.807) is 0 Å². The summed E-state index contributed by atoms with van der Waals surface area (Å²) in [5.41, 5.74) is 1.09. The summed E-state index contributed by atoms with van der Waals surface area (Å²) in [7, 11) is 1.85. The number of benzene rings is 1. The van der Waals surface area contributed by atoms with Crippen molar-refractivity contribution in [2.24, 2.45) is 0 Å². The van der Waals surface area contributed by atoms with Gasteiger partial charge in [0.1, 0.15) is 0 Å². The van der Waals surface area contributed by atoms with Gasteiger partial charge in [0.05, 0.1) is 12.6 Å². The molecule has 24 heavy (non-hydrogen) atoms. The first-order valence-corrected chi connectivity index (χ1v) is 8.45. The fourth-order valence-electron chi connectivity index (χ4n) is 3.15. The summed E-state index contributed by atoms with van der Waals surface area (Å²) < 4.78 is 0. The van der Waals surface area contributed by atoms with Crippen LogP contribution in [0.1, 0.15) is 25.3 Å². The number of amides is 1. The van der Waals surface area contributed by atoms with Crippen LogP contribution in [0.2, 0.25) is 0 Å². The third kappa shape index (κ3) is 5.32. The summed E-state index contributed by atoms with van der Waals surface area (Å²) in [5, 5.41) is 11.9. The van der Waals surface area contributed by atoms with Crippen molar-refractivity contribution in [3.8, 4) is 0 Å². The Hall–Kier alpha value is -1.92. The molecule has 1 atom stereocenters. The monoisotopic (exact) mass is 333 g/mol. The molecule has 1 aliphatic heterocycles. The Labute approximate surface area is 143 Å². The van der Waals surface area contributed by atoms with Crippen LogP contribution in [0.15, 0.2) is 30.3 Å². The highest BCUT2D eigenvalue weighted by molar-refractivity contribution is 5.81. The number of hydrogen-bond acceptors (Lipinski definition) is 4. The lowest BCUT2D eigenvalue weighted by Gasteiger charge is -2.38. The number of nitrogens with zero attached hydrogens (tertiary/aromatic N) is 2. The highest BCUT2D eigenvalue weighted by Gasteiger charge is 2.28. The van der Waals surface area contributed by atoms with Crippen molar-refractivity contribution < 1.29 is 14.7 Å². The molecular formula is C18H27N3O3. The van der Waals surface area contributed by atoms with E-state index in [-0.39, 0.29) is 24.5 Å². The van der Waals surface area contributed by atoms with Gasteiger partial charge in [0.25, 0.3) is 0 Å². The van der Waals surface area contributed by atoms with Crippen molar-refractivity contribution >= 4 is 11.9 Å². The lowest BCUT2D eigenvalue weighted by Crippen LogP contribution is -2.51. The van der Waals surface area contributed by atoms with Crippen molar-refractivity contribution in [2.45, 2.75) is 38.4 Å². The molecule has 1 aromatic rings. The first-order valence-electron chi connectivity index (χ1n) is 8.45.